The quantitative estimate of drug-likeness (QED) is 0.248. The van der Waals surface area contributed by atoms with Gasteiger partial charge >= 0.3 is 5.97 Å². The van der Waals surface area contributed by atoms with Crippen LogP contribution in [0.4, 0.5) is 0 Å². The summed E-state index contributed by atoms with van der Waals surface area (Å²) in [5, 5.41) is 2.17. The molecular weight excluding hydrogens is 334 g/mol. The molecule has 0 atom stereocenters. The first kappa shape index (κ1) is 22.7. The van der Waals surface area contributed by atoms with Gasteiger partial charge in [-0.3, -0.25) is 4.79 Å². The van der Waals surface area contributed by atoms with Crippen molar-refractivity contribution in [1.29, 1.82) is 0 Å². The molecule has 0 aliphatic heterocycles. The van der Waals surface area contributed by atoms with Crippen molar-refractivity contribution < 1.29 is 9.63 Å². The first-order valence-corrected chi connectivity index (χ1v) is 12.3. The number of unbranched alkanes of at least 4 members (excludes halogenated alkanes) is 8. The molecule has 0 heterocycles. The zero-order valence-electron chi connectivity index (χ0n) is 18.1. The predicted molar refractivity (Wildman–Crippen MR) is 114 cm³/mol. The molecule has 2 rings (SSSR count). The van der Waals surface area contributed by atoms with Crippen LogP contribution in [-0.4, -0.2) is 23.1 Å². The molecule has 27 heavy (non-hydrogen) atoms. The van der Waals surface area contributed by atoms with Gasteiger partial charge in [-0.25, -0.2) is 0 Å². The molecule has 158 valence electrons. The predicted octanol–water partition coefficient (Wildman–Crippen LogP) is 7.33. The zero-order chi connectivity index (χ0) is 19.2. The summed E-state index contributed by atoms with van der Waals surface area (Å²) in [5.74, 6) is 0.0223. The fraction of sp³-hybridized carbons (Fsp3) is 0.958. The van der Waals surface area contributed by atoms with Crippen LogP contribution in [0.25, 0.3) is 0 Å². The van der Waals surface area contributed by atoms with Crippen LogP contribution in [0.3, 0.4) is 0 Å². The van der Waals surface area contributed by atoms with E-state index < -0.39 is 0 Å². The molecule has 2 saturated carbocycles. The maximum absolute atomic E-state index is 12.5. The van der Waals surface area contributed by atoms with Gasteiger partial charge in [-0.2, -0.15) is 0 Å². The SMILES string of the molecule is CCCCCCCCCCCC(=O)ON(C1CCCCC1)C1CCCCC1. The highest BCUT2D eigenvalue weighted by atomic mass is 16.7. The van der Waals surface area contributed by atoms with Crippen molar-refractivity contribution in [3.05, 3.63) is 0 Å². The van der Waals surface area contributed by atoms with E-state index in [0.29, 0.717) is 18.5 Å². The first-order chi connectivity index (χ1) is 13.3. The van der Waals surface area contributed by atoms with Gasteiger partial charge in [0, 0.05) is 18.5 Å². The third-order valence-corrected chi connectivity index (χ3v) is 6.56. The number of nitrogens with zero attached hydrogens (tertiary/aromatic N) is 1. The minimum Gasteiger partial charge on any atom is -0.367 e. The van der Waals surface area contributed by atoms with Crippen molar-refractivity contribution >= 4 is 5.97 Å². The van der Waals surface area contributed by atoms with Gasteiger partial charge in [-0.05, 0) is 32.1 Å². The Bertz CT molecular complexity index is 355. The second-order valence-corrected chi connectivity index (χ2v) is 8.99. The fourth-order valence-electron chi connectivity index (χ4n) is 4.86. The van der Waals surface area contributed by atoms with Crippen molar-refractivity contribution in [3.63, 3.8) is 0 Å². The summed E-state index contributed by atoms with van der Waals surface area (Å²) >= 11 is 0. The Morgan fingerprint density at radius 3 is 1.63 bits per heavy atom. The monoisotopic (exact) mass is 379 g/mol. The molecule has 0 unspecified atom stereocenters. The smallest absolute Gasteiger partial charge is 0.325 e. The minimum atomic E-state index is 0.0223. The molecular formula is C24H45NO2. The van der Waals surface area contributed by atoms with Gasteiger partial charge in [-0.15, -0.1) is 5.06 Å². The number of rotatable bonds is 13. The van der Waals surface area contributed by atoms with E-state index in [1.165, 1.54) is 116 Å². The molecule has 2 aliphatic rings. The lowest BCUT2D eigenvalue weighted by Gasteiger charge is -2.39. The van der Waals surface area contributed by atoms with E-state index in [2.05, 4.69) is 12.0 Å². The second-order valence-electron chi connectivity index (χ2n) is 8.99. The largest absolute Gasteiger partial charge is 0.367 e. The third kappa shape index (κ3) is 9.45. The van der Waals surface area contributed by atoms with E-state index in [0.717, 1.165) is 6.42 Å². The minimum absolute atomic E-state index is 0.0223. The average Bonchev–Trinajstić information content (AvgIpc) is 2.72. The molecule has 2 fully saturated rings. The topological polar surface area (TPSA) is 29.5 Å². The molecule has 3 heteroatoms. The number of hydroxylamine groups is 2. The Morgan fingerprint density at radius 1 is 0.704 bits per heavy atom. The number of carbonyl (C=O) groups is 1. The third-order valence-electron chi connectivity index (χ3n) is 6.56. The summed E-state index contributed by atoms with van der Waals surface area (Å²) < 4.78 is 0. The second kappa shape index (κ2) is 14.4. The summed E-state index contributed by atoms with van der Waals surface area (Å²) in [6.07, 6.45) is 24.9. The van der Waals surface area contributed by atoms with E-state index in [4.69, 9.17) is 4.84 Å². The highest BCUT2D eigenvalue weighted by Gasteiger charge is 2.31. The number of hydrogen-bond acceptors (Lipinski definition) is 3. The van der Waals surface area contributed by atoms with Gasteiger partial charge in [0.2, 0.25) is 0 Å². The summed E-state index contributed by atoms with van der Waals surface area (Å²) in [4.78, 5) is 18.5. The molecule has 0 aromatic rings. The van der Waals surface area contributed by atoms with E-state index in [1.54, 1.807) is 0 Å². The van der Waals surface area contributed by atoms with E-state index in [9.17, 15) is 4.79 Å². The van der Waals surface area contributed by atoms with Crippen molar-refractivity contribution in [2.75, 3.05) is 0 Å². The number of carbonyl (C=O) groups excluding carboxylic acids is 1. The zero-order valence-corrected chi connectivity index (χ0v) is 18.1. The van der Waals surface area contributed by atoms with E-state index in [-0.39, 0.29) is 5.97 Å². The van der Waals surface area contributed by atoms with Crippen LogP contribution in [-0.2, 0) is 9.63 Å². The molecule has 0 bridgehead atoms. The molecule has 0 aromatic heterocycles. The Morgan fingerprint density at radius 2 is 1.15 bits per heavy atom. The Hall–Kier alpha value is -0.570. The molecule has 0 radical (unpaired) electrons. The van der Waals surface area contributed by atoms with Crippen molar-refractivity contribution in [1.82, 2.24) is 5.06 Å². The van der Waals surface area contributed by atoms with Crippen LogP contribution in [0.15, 0.2) is 0 Å². The summed E-state index contributed by atoms with van der Waals surface area (Å²) in [7, 11) is 0. The lowest BCUT2D eigenvalue weighted by Crippen LogP contribution is -2.46. The molecule has 0 amide bonds. The van der Waals surface area contributed by atoms with E-state index >= 15 is 0 Å². The Kier molecular flexibility index (Phi) is 12.1. The lowest BCUT2D eigenvalue weighted by molar-refractivity contribution is -0.223. The normalized spacial score (nSPS) is 19.5. The highest BCUT2D eigenvalue weighted by Crippen LogP contribution is 2.30. The highest BCUT2D eigenvalue weighted by molar-refractivity contribution is 5.69. The summed E-state index contributed by atoms with van der Waals surface area (Å²) in [6, 6.07) is 0.961. The van der Waals surface area contributed by atoms with Crippen LogP contribution in [0, 0.1) is 0 Å². The van der Waals surface area contributed by atoms with Crippen LogP contribution in [0.2, 0.25) is 0 Å². The van der Waals surface area contributed by atoms with Gasteiger partial charge in [0.05, 0.1) is 0 Å². The summed E-state index contributed by atoms with van der Waals surface area (Å²) in [6.45, 7) is 2.27. The van der Waals surface area contributed by atoms with E-state index in [1.807, 2.05) is 0 Å². The fourth-order valence-corrected chi connectivity index (χ4v) is 4.86. The Labute approximate surface area is 168 Å². The first-order valence-electron chi connectivity index (χ1n) is 12.3. The molecule has 0 saturated heterocycles. The van der Waals surface area contributed by atoms with Gasteiger partial charge < -0.3 is 4.84 Å². The standard InChI is InChI=1S/C24H45NO2/c1-2-3-4-5-6-7-8-9-16-21-24(26)27-25(22-17-12-10-13-18-22)23-19-14-11-15-20-23/h22-23H,2-21H2,1H3. The van der Waals surface area contributed by atoms with Crippen LogP contribution < -0.4 is 0 Å². The van der Waals surface area contributed by atoms with Gasteiger partial charge in [0.15, 0.2) is 0 Å². The van der Waals surface area contributed by atoms with Crippen molar-refractivity contribution in [2.45, 2.75) is 147 Å². The summed E-state index contributed by atoms with van der Waals surface area (Å²) in [5.41, 5.74) is 0. The maximum atomic E-state index is 12.5. The van der Waals surface area contributed by atoms with Crippen LogP contribution in [0.1, 0.15) is 135 Å². The average molecular weight is 380 g/mol. The maximum Gasteiger partial charge on any atom is 0.325 e. The molecule has 0 spiro atoms. The molecule has 3 nitrogen and oxygen atoms in total. The molecule has 2 aliphatic carbocycles. The van der Waals surface area contributed by atoms with Crippen LogP contribution >= 0.6 is 0 Å². The molecule has 0 N–H and O–H groups in total. The lowest BCUT2D eigenvalue weighted by atomic mass is 9.90. The Balaban J connectivity index is 1.62. The van der Waals surface area contributed by atoms with Crippen molar-refractivity contribution in [3.8, 4) is 0 Å². The van der Waals surface area contributed by atoms with Gasteiger partial charge in [-0.1, -0.05) is 96.8 Å². The van der Waals surface area contributed by atoms with Gasteiger partial charge in [0.1, 0.15) is 0 Å². The molecule has 0 aromatic carbocycles. The number of hydrogen-bond donors (Lipinski definition) is 0. The van der Waals surface area contributed by atoms with Crippen molar-refractivity contribution in [2.24, 2.45) is 0 Å². The van der Waals surface area contributed by atoms with Gasteiger partial charge in [0.25, 0.3) is 0 Å². The van der Waals surface area contributed by atoms with Crippen LogP contribution in [0.5, 0.6) is 0 Å².